The summed E-state index contributed by atoms with van der Waals surface area (Å²) in [5, 5.41) is 33.6. The van der Waals surface area contributed by atoms with Crippen LogP contribution < -0.4 is 9.47 Å². The van der Waals surface area contributed by atoms with Crippen molar-refractivity contribution in [1.82, 2.24) is 0 Å². The summed E-state index contributed by atoms with van der Waals surface area (Å²) in [7, 11) is 0. The summed E-state index contributed by atoms with van der Waals surface area (Å²) in [5.41, 5.74) is 0.705. The molecule has 9 nitrogen and oxygen atoms in total. The molecule has 0 bridgehead atoms. The number of ether oxygens (including phenoxy) is 2. The number of carbonyl (C=O) groups excluding carboxylic acids is 2. The van der Waals surface area contributed by atoms with Crippen molar-refractivity contribution < 1.29 is 44.0 Å². The molecule has 360 valence electrons. The van der Waals surface area contributed by atoms with Crippen LogP contribution >= 0.6 is 0 Å². The number of allylic oxidation sites excluding steroid dienone is 5. The van der Waals surface area contributed by atoms with Gasteiger partial charge in [-0.25, -0.2) is 0 Å². The first-order valence-corrected chi connectivity index (χ1v) is 25.6. The summed E-state index contributed by atoms with van der Waals surface area (Å²) < 4.78 is 13.8. The summed E-state index contributed by atoms with van der Waals surface area (Å²) in [6.45, 7) is 26.3. The zero-order valence-corrected chi connectivity index (χ0v) is 42.2. The van der Waals surface area contributed by atoms with E-state index in [0.29, 0.717) is 48.1 Å². The van der Waals surface area contributed by atoms with Gasteiger partial charge in [0.15, 0.2) is 17.3 Å². The molecule has 0 aromatic heterocycles. The third-order valence-electron chi connectivity index (χ3n) is 23.9. The van der Waals surface area contributed by atoms with Crippen molar-refractivity contribution >= 4 is 23.5 Å². The van der Waals surface area contributed by atoms with Gasteiger partial charge in [0.2, 0.25) is 11.4 Å². The van der Waals surface area contributed by atoms with E-state index in [1.165, 1.54) is 5.57 Å². The molecule has 9 aliphatic carbocycles. The van der Waals surface area contributed by atoms with E-state index in [2.05, 4.69) is 67.5 Å². The molecular formula is C58H74O9. The fraction of sp³-hybridized carbons (Fsp3) is 0.690. The number of aliphatic carboxylic acids is 2. The number of carboxylic acid groups (broad SMARTS) is 2. The first kappa shape index (κ1) is 45.5. The first-order chi connectivity index (χ1) is 30.9. The lowest BCUT2D eigenvalue weighted by Gasteiger charge is -2.70. The van der Waals surface area contributed by atoms with E-state index in [-0.39, 0.29) is 55.9 Å². The number of aliphatic hydroxyl groups is 1. The fourth-order valence-corrected chi connectivity index (χ4v) is 18.4. The number of benzene rings is 1. The van der Waals surface area contributed by atoms with Crippen LogP contribution in [0.25, 0.3) is 0 Å². The van der Waals surface area contributed by atoms with Gasteiger partial charge < -0.3 is 24.8 Å². The third kappa shape index (κ3) is 5.07. The maximum atomic E-state index is 14.8. The highest BCUT2D eigenvalue weighted by molar-refractivity contribution is 6.10. The Labute approximate surface area is 397 Å². The molecule has 67 heavy (non-hydrogen) atoms. The van der Waals surface area contributed by atoms with Crippen LogP contribution in [0, 0.1) is 67.5 Å². The van der Waals surface area contributed by atoms with Crippen molar-refractivity contribution in [2.45, 2.75) is 190 Å². The molecule has 14 atom stereocenters. The summed E-state index contributed by atoms with van der Waals surface area (Å²) in [6.07, 6.45) is 19.4. The maximum Gasteiger partial charge on any atom is 0.317 e. The van der Waals surface area contributed by atoms with E-state index < -0.39 is 50.8 Å². The second kappa shape index (κ2) is 12.9. The zero-order chi connectivity index (χ0) is 48.5. The van der Waals surface area contributed by atoms with Crippen LogP contribution in [-0.2, 0) is 19.8 Å². The van der Waals surface area contributed by atoms with Crippen LogP contribution in [0.5, 0.6) is 11.5 Å². The van der Waals surface area contributed by atoms with Gasteiger partial charge in [0.1, 0.15) is 0 Å². The molecule has 0 saturated heterocycles. The zero-order valence-electron chi connectivity index (χ0n) is 42.2. The third-order valence-corrected chi connectivity index (χ3v) is 23.9. The molecule has 2 unspecified atom stereocenters. The molecule has 6 saturated carbocycles. The minimum atomic E-state index is -2.40. The van der Waals surface area contributed by atoms with E-state index in [4.69, 9.17) is 9.47 Å². The number of hydrogen-bond donors (Lipinski definition) is 3. The second-order valence-corrected chi connectivity index (χ2v) is 26.9. The lowest BCUT2D eigenvalue weighted by molar-refractivity contribution is -0.231. The number of carboxylic acids is 2. The van der Waals surface area contributed by atoms with E-state index in [9.17, 15) is 34.5 Å². The Morgan fingerprint density at radius 1 is 0.597 bits per heavy atom. The molecule has 10 aliphatic rings. The van der Waals surface area contributed by atoms with Gasteiger partial charge in [-0.1, -0.05) is 73.1 Å². The Kier molecular flexibility index (Phi) is 8.72. The van der Waals surface area contributed by atoms with E-state index in [0.717, 1.165) is 80.9 Å². The molecule has 3 N–H and O–H groups in total. The average Bonchev–Trinajstić information content (AvgIpc) is 3.25. The molecule has 1 aliphatic heterocycles. The van der Waals surface area contributed by atoms with Crippen molar-refractivity contribution in [3.05, 3.63) is 69.4 Å². The lowest BCUT2D eigenvalue weighted by atomic mass is 9.34. The topological polar surface area (TPSA) is 147 Å². The Morgan fingerprint density at radius 2 is 1.10 bits per heavy atom. The smallest absolute Gasteiger partial charge is 0.317 e. The minimum absolute atomic E-state index is 0.0268. The highest BCUT2D eigenvalue weighted by Crippen LogP contribution is 2.78. The molecule has 0 spiro atoms. The maximum absolute atomic E-state index is 14.8. The number of rotatable bonds is 2. The van der Waals surface area contributed by atoms with Crippen LogP contribution in [-0.4, -0.2) is 50.2 Å². The number of carbonyl (C=O) groups is 4. The van der Waals surface area contributed by atoms with Gasteiger partial charge in [-0.15, -0.1) is 0 Å². The minimum Gasteiger partial charge on any atom is -0.481 e. The van der Waals surface area contributed by atoms with Crippen LogP contribution in [0.1, 0.15) is 188 Å². The standard InChI is InChI=1S/C58H74O9/c1-32-43-35(52(7)22-26-56(11)41-31-50(5,46(63)64)18-16-48(41,3)20-24-54(56,9)39(52)29-36(43)59)27-37-44(32)67-58(65)42(60)28-34-33(57(58,12)66-37)13-14-38-51(34,6)21-25-55(10)40-30-49(4,45(61)62)17-15-47(40,2)19-23-53(38,55)8/h13-14,27-29,40-41,65H,15-26,30-31H2,1-12H3,(H,61,62)(H,63,64)/t40?,41?,47-,48-,49-,50-,51+,52+,53-,54-,55+,56+,57+,58-/m1/s1. The van der Waals surface area contributed by atoms with Crippen molar-refractivity contribution in [2.24, 2.45) is 60.6 Å². The van der Waals surface area contributed by atoms with Gasteiger partial charge in [-0.2, -0.15) is 0 Å². The van der Waals surface area contributed by atoms with Crippen molar-refractivity contribution in [2.75, 3.05) is 0 Å². The molecule has 1 aromatic carbocycles. The molecule has 9 heteroatoms. The molecule has 0 amide bonds. The predicted octanol–water partition coefficient (Wildman–Crippen LogP) is 12.0. The quantitative estimate of drug-likeness (QED) is 0.264. The number of hydrogen-bond acceptors (Lipinski definition) is 7. The van der Waals surface area contributed by atoms with Gasteiger partial charge in [-0.05, 0) is 197 Å². The Morgan fingerprint density at radius 3 is 1.64 bits per heavy atom. The van der Waals surface area contributed by atoms with Gasteiger partial charge in [0, 0.05) is 27.5 Å². The van der Waals surface area contributed by atoms with Gasteiger partial charge >= 0.3 is 17.7 Å². The van der Waals surface area contributed by atoms with Crippen LogP contribution in [0.15, 0.2) is 52.7 Å². The first-order valence-electron chi connectivity index (χ1n) is 25.6. The van der Waals surface area contributed by atoms with Gasteiger partial charge in [0.05, 0.1) is 10.8 Å². The van der Waals surface area contributed by atoms with Crippen molar-refractivity contribution in [3.63, 3.8) is 0 Å². The molecular weight excluding hydrogens is 841 g/mol. The Bertz CT molecular complexity index is 2690. The molecule has 1 aromatic rings. The molecule has 1 heterocycles. The van der Waals surface area contributed by atoms with Gasteiger partial charge in [-0.3, -0.25) is 19.2 Å². The fourth-order valence-electron chi connectivity index (χ4n) is 18.4. The number of ketones is 2. The van der Waals surface area contributed by atoms with Crippen LogP contribution in [0.2, 0.25) is 0 Å². The molecule has 6 fully saturated rings. The van der Waals surface area contributed by atoms with E-state index in [1.807, 2.05) is 32.9 Å². The highest BCUT2D eigenvalue weighted by atomic mass is 16.7. The summed E-state index contributed by atoms with van der Waals surface area (Å²) in [6, 6.07) is 1.98. The normalized spacial score (nSPS) is 50.0. The molecule has 0 radical (unpaired) electrons. The Hall–Kier alpha value is -3.98. The predicted molar refractivity (Wildman–Crippen MR) is 255 cm³/mol. The Balaban J connectivity index is 0.988. The van der Waals surface area contributed by atoms with Crippen LogP contribution in [0.3, 0.4) is 0 Å². The van der Waals surface area contributed by atoms with Crippen LogP contribution in [0.4, 0.5) is 0 Å². The monoisotopic (exact) mass is 915 g/mol. The SMILES string of the molecule is Cc1c2c(cc3c1C(=O)C=C1[C@@]3(C)CC[C@@]3(C)C4C[C@](C)(C(=O)O)CC[C@]4(C)CC[C@]13C)O[C@@]1(C)C3=CC=C4[C@@](C)(CC[C@@]5(C)C6C[C@](C)(C(=O)O)CC[C@]6(C)CC[C@]45C)C3=CC(=O)[C@@]1(O)O2. The van der Waals surface area contributed by atoms with Gasteiger partial charge in [0.25, 0.3) is 0 Å². The lowest BCUT2D eigenvalue weighted by Crippen LogP contribution is -2.70. The van der Waals surface area contributed by atoms with Crippen molar-refractivity contribution in [1.29, 1.82) is 0 Å². The number of fused-ring (bicyclic) bond motifs is 17. The average molecular weight is 915 g/mol. The largest absolute Gasteiger partial charge is 0.481 e. The van der Waals surface area contributed by atoms with Crippen molar-refractivity contribution in [3.8, 4) is 11.5 Å². The highest BCUT2D eigenvalue weighted by Gasteiger charge is 2.72. The summed E-state index contributed by atoms with van der Waals surface area (Å²) in [5.74, 6) is -3.52. The summed E-state index contributed by atoms with van der Waals surface area (Å²) >= 11 is 0. The second-order valence-electron chi connectivity index (χ2n) is 26.9. The summed E-state index contributed by atoms with van der Waals surface area (Å²) in [4.78, 5) is 55.0. The van der Waals surface area contributed by atoms with E-state index >= 15 is 0 Å². The molecule has 11 rings (SSSR count). The van der Waals surface area contributed by atoms with E-state index in [1.54, 1.807) is 13.0 Å².